The number of aliphatic hydroxyl groups is 1. The number of alkyl halides is 3. The van der Waals surface area contributed by atoms with Crippen molar-refractivity contribution in [3.63, 3.8) is 0 Å². The summed E-state index contributed by atoms with van der Waals surface area (Å²) in [5.74, 6) is 0.0161. The van der Waals surface area contributed by atoms with Crippen molar-refractivity contribution in [3.8, 4) is 0 Å². The predicted molar refractivity (Wildman–Crippen MR) is 47.8 cm³/mol. The molecule has 1 N–H and O–H groups in total. The molecule has 0 spiro atoms. The Balaban J connectivity index is 2.27. The molecule has 0 aromatic heterocycles. The van der Waals surface area contributed by atoms with Crippen LogP contribution >= 0.6 is 0 Å². The van der Waals surface area contributed by atoms with Gasteiger partial charge in [0.25, 0.3) is 0 Å². The van der Waals surface area contributed by atoms with E-state index in [1.807, 2.05) is 12.2 Å². The number of halogens is 3. The van der Waals surface area contributed by atoms with Gasteiger partial charge < -0.3 is 5.11 Å². The lowest BCUT2D eigenvalue weighted by Crippen LogP contribution is -2.23. The smallest absolute Gasteiger partial charge is 0.389 e. The first-order valence-electron chi connectivity index (χ1n) is 4.89. The molecule has 0 fully saturated rings. The fraction of sp³-hybridized carbons (Fsp3) is 0.800. The van der Waals surface area contributed by atoms with Gasteiger partial charge in [0, 0.05) is 6.42 Å². The van der Waals surface area contributed by atoms with Crippen molar-refractivity contribution < 1.29 is 18.3 Å². The first kappa shape index (κ1) is 11.6. The molecule has 82 valence electrons. The molecule has 4 heteroatoms. The van der Waals surface area contributed by atoms with Crippen LogP contribution in [0.1, 0.15) is 32.1 Å². The monoisotopic (exact) mass is 208 g/mol. The van der Waals surface area contributed by atoms with Crippen molar-refractivity contribution in [1.82, 2.24) is 0 Å². The number of allylic oxidation sites excluding steroid dienone is 2. The van der Waals surface area contributed by atoms with Crippen LogP contribution in [-0.2, 0) is 0 Å². The Kier molecular flexibility index (Phi) is 3.98. The molecule has 2 unspecified atom stereocenters. The first-order valence-corrected chi connectivity index (χ1v) is 4.89. The number of hydrogen-bond acceptors (Lipinski definition) is 1. The molecular weight excluding hydrogens is 193 g/mol. The van der Waals surface area contributed by atoms with Gasteiger partial charge in [0.2, 0.25) is 0 Å². The molecule has 1 rings (SSSR count). The van der Waals surface area contributed by atoms with Crippen molar-refractivity contribution in [1.29, 1.82) is 0 Å². The van der Waals surface area contributed by atoms with Gasteiger partial charge in [-0.3, -0.25) is 0 Å². The Bertz CT molecular complexity index is 198. The minimum Gasteiger partial charge on any atom is -0.393 e. The molecule has 0 saturated carbocycles. The highest BCUT2D eigenvalue weighted by Crippen LogP contribution is 2.28. The van der Waals surface area contributed by atoms with Crippen LogP contribution in [0.3, 0.4) is 0 Å². The van der Waals surface area contributed by atoms with E-state index >= 15 is 0 Å². The maximum absolute atomic E-state index is 11.9. The molecule has 0 bridgehead atoms. The van der Waals surface area contributed by atoms with Crippen LogP contribution in [0.25, 0.3) is 0 Å². The fourth-order valence-electron chi connectivity index (χ4n) is 1.71. The maximum Gasteiger partial charge on any atom is 0.389 e. The molecule has 1 aliphatic carbocycles. The first-order chi connectivity index (χ1) is 6.49. The zero-order valence-corrected chi connectivity index (χ0v) is 7.93. The van der Waals surface area contributed by atoms with Crippen LogP contribution in [-0.4, -0.2) is 17.4 Å². The van der Waals surface area contributed by atoms with Gasteiger partial charge >= 0.3 is 6.18 Å². The molecule has 0 amide bonds. The predicted octanol–water partition coefficient (Wildman–Crippen LogP) is 3.05. The third kappa shape index (κ3) is 4.13. The highest BCUT2D eigenvalue weighted by Gasteiger charge is 2.30. The molecule has 1 nitrogen and oxygen atoms in total. The summed E-state index contributed by atoms with van der Waals surface area (Å²) in [5.41, 5.74) is 0. The summed E-state index contributed by atoms with van der Waals surface area (Å²) in [6.07, 6.45) is 0.323. The molecular formula is C10H15F3O. The molecule has 0 saturated heterocycles. The normalized spacial score (nSPS) is 25.0. The van der Waals surface area contributed by atoms with Gasteiger partial charge in [-0.05, 0) is 31.6 Å². The van der Waals surface area contributed by atoms with Gasteiger partial charge in [-0.15, -0.1) is 0 Å². The second kappa shape index (κ2) is 4.82. The minimum absolute atomic E-state index is 0.0161. The Morgan fingerprint density at radius 1 is 1.36 bits per heavy atom. The van der Waals surface area contributed by atoms with Gasteiger partial charge in [-0.1, -0.05) is 12.2 Å². The Morgan fingerprint density at radius 2 is 2.07 bits per heavy atom. The molecule has 0 aromatic carbocycles. The van der Waals surface area contributed by atoms with Crippen LogP contribution in [0.2, 0.25) is 0 Å². The van der Waals surface area contributed by atoms with Crippen LogP contribution in [0.5, 0.6) is 0 Å². The van der Waals surface area contributed by atoms with Gasteiger partial charge in [0.05, 0.1) is 6.10 Å². The quantitative estimate of drug-likeness (QED) is 0.707. The highest BCUT2D eigenvalue weighted by molar-refractivity contribution is 4.92. The summed E-state index contributed by atoms with van der Waals surface area (Å²) < 4.78 is 35.6. The molecule has 0 aromatic rings. The summed E-state index contributed by atoms with van der Waals surface area (Å²) in [4.78, 5) is 0. The number of rotatable bonds is 3. The molecule has 0 heterocycles. The Morgan fingerprint density at radius 3 is 2.57 bits per heavy atom. The number of hydrogen-bond donors (Lipinski definition) is 1. The summed E-state index contributed by atoms with van der Waals surface area (Å²) >= 11 is 0. The van der Waals surface area contributed by atoms with E-state index < -0.39 is 18.7 Å². The van der Waals surface area contributed by atoms with Gasteiger partial charge in [0.15, 0.2) is 0 Å². The maximum atomic E-state index is 11.9. The van der Waals surface area contributed by atoms with Gasteiger partial charge in [-0.2, -0.15) is 13.2 Å². The molecule has 1 aliphatic rings. The van der Waals surface area contributed by atoms with Gasteiger partial charge in [0.1, 0.15) is 0 Å². The van der Waals surface area contributed by atoms with Crippen molar-refractivity contribution in [2.24, 2.45) is 5.92 Å². The van der Waals surface area contributed by atoms with E-state index in [0.717, 1.165) is 12.8 Å². The lowest BCUT2D eigenvalue weighted by Gasteiger charge is -2.23. The molecule has 0 aliphatic heterocycles. The standard InChI is InChI=1S/C10H15F3O/c11-10(12,13)7-6-9(14)8-4-2-1-3-5-8/h1-2,8-9,14H,3-7H2. The average molecular weight is 208 g/mol. The largest absolute Gasteiger partial charge is 0.393 e. The second-order valence-corrected chi connectivity index (χ2v) is 3.77. The Labute approximate surface area is 81.6 Å². The van der Waals surface area contributed by atoms with E-state index in [1.54, 1.807) is 0 Å². The molecule has 0 radical (unpaired) electrons. The number of aliphatic hydroxyl groups excluding tert-OH is 1. The summed E-state index contributed by atoms with van der Waals surface area (Å²) in [6.45, 7) is 0. The zero-order chi connectivity index (χ0) is 10.6. The van der Waals surface area contributed by atoms with Crippen LogP contribution in [0.15, 0.2) is 12.2 Å². The van der Waals surface area contributed by atoms with E-state index in [0.29, 0.717) is 6.42 Å². The van der Waals surface area contributed by atoms with Gasteiger partial charge in [-0.25, -0.2) is 0 Å². The lowest BCUT2D eigenvalue weighted by molar-refractivity contribution is -0.141. The minimum atomic E-state index is -4.15. The van der Waals surface area contributed by atoms with E-state index in [-0.39, 0.29) is 12.3 Å². The highest BCUT2D eigenvalue weighted by atomic mass is 19.4. The molecule has 14 heavy (non-hydrogen) atoms. The summed E-state index contributed by atoms with van der Waals surface area (Å²) in [6, 6.07) is 0. The average Bonchev–Trinajstić information content (AvgIpc) is 2.14. The van der Waals surface area contributed by atoms with E-state index in [2.05, 4.69) is 0 Å². The third-order valence-corrected chi connectivity index (χ3v) is 2.58. The van der Waals surface area contributed by atoms with E-state index in [1.165, 1.54) is 0 Å². The van der Waals surface area contributed by atoms with Crippen LogP contribution in [0.4, 0.5) is 13.2 Å². The van der Waals surface area contributed by atoms with E-state index in [4.69, 9.17) is 0 Å². The zero-order valence-electron chi connectivity index (χ0n) is 7.93. The second-order valence-electron chi connectivity index (χ2n) is 3.77. The van der Waals surface area contributed by atoms with Crippen molar-refractivity contribution in [3.05, 3.63) is 12.2 Å². The van der Waals surface area contributed by atoms with Crippen molar-refractivity contribution in [2.75, 3.05) is 0 Å². The van der Waals surface area contributed by atoms with E-state index in [9.17, 15) is 18.3 Å². The lowest BCUT2D eigenvalue weighted by atomic mass is 9.87. The topological polar surface area (TPSA) is 20.2 Å². The summed E-state index contributed by atoms with van der Waals surface area (Å²) in [7, 11) is 0. The Hall–Kier alpha value is -0.510. The van der Waals surface area contributed by atoms with Crippen LogP contribution in [0, 0.1) is 5.92 Å². The fourth-order valence-corrected chi connectivity index (χ4v) is 1.71. The van der Waals surface area contributed by atoms with Crippen molar-refractivity contribution >= 4 is 0 Å². The SMILES string of the molecule is OC(CCC(F)(F)F)C1CC=CCC1. The third-order valence-electron chi connectivity index (χ3n) is 2.58. The van der Waals surface area contributed by atoms with Crippen LogP contribution < -0.4 is 0 Å². The van der Waals surface area contributed by atoms with Crippen molar-refractivity contribution in [2.45, 2.75) is 44.4 Å². The molecule has 2 atom stereocenters. The summed E-state index contributed by atoms with van der Waals surface area (Å²) in [5, 5.41) is 9.50.